The van der Waals surface area contributed by atoms with E-state index >= 15 is 0 Å². The largest absolute Gasteiger partial charge is 0.487 e. The molecule has 1 heterocycles. The molecule has 4 nitrogen and oxygen atoms in total. The maximum Gasteiger partial charge on any atom is 0.132 e. The Bertz CT molecular complexity index is 579. The van der Waals surface area contributed by atoms with Crippen LogP contribution in [0, 0.1) is 13.8 Å². The number of aryl methyl sites for hydroxylation is 2. The highest BCUT2D eigenvalue weighted by atomic mass is 16.5. The molecule has 0 unspecified atom stereocenters. The van der Waals surface area contributed by atoms with Crippen LogP contribution in [0.3, 0.4) is 0 Å². The van der Waals surface area contributed by atoms with Crippen LogP contribution in [-0.4, -0.2) is 16.8 Å². The zero-order valence-corrected chi connectivity index (χ0v) is 13.6. The smallest absolute Gasteiger partial charge is 0.132 e. The second-order valence-electron chi connectivity index (χ2n) is 5.76. The van der Waals surface area contributed by atoms with Gasteiger partial charge in [-0.1, -0.05) is 12.1 Å². The number of benzene rings is 1. The van der Waals surface area contributed by atoms with Crippen LogP contribution in [0.4, 0.5) is 0 Å². The minimum atomic E-state index is 0.378. The lowest BCUT2D eigenvalue weighted by atomic mass is 10.1. The molecule has 1 aromatic carbocycles. The summed E-state index contributed by atoms with van der Waals surface area (Å²) in [6, 6.07) is 6.74. The van der Waals surface area contributed by atoms with E-state index in [0.717, 1.165) is 18.0 Å². The third kappa shape index (κ3) is 3.85. The molecule has 1 aromatic heterocycles. The van der Waals surface area contributed by atoms with E-state index in [2.05, 4.69) is 50.2 Å². The number of aromatic nitrogens is 2. The number of hydrogen-bond acceptors (Lipinski definition) is 3. The SMILES string of the molecule is CNCc1cc(C)c(OCc2ccn(C(C)C)n2)c(C)c1. The fraction of sp³-hybridized carbons (Fsp3) is 0.471. The van der Waals surface area contributed by atoms with Crippen LogP contribution in [0.2, 0.25) is 0 Å². The molecular weight excluding hydrogens is 262 g/mol. The third-order valence-electron chi connectivity index (χ3n) is 3.46. The summed E-state index contributed by atoms with van der Waals surface area (Å²) in [5.41, 5.74) is 4.58. The second kappa shape index (κ2) is 6.76. The molecule has 0 aliphatic heterocycles. The number of nitrogens with one attached hydrogen (secondary N) is 1. The number of hydrogen-bond donors (Lipinski definition) is 1. The summed E-state index contributed by atoms with van der Waals surface area (Å²) < 4.78 is 7.94. The van der Waals surface area contributed by atoms with Crippen molar-refractivity contribution in [3.05, 3.63) is 46.8 Å². The Labute approximate surface area is 127 Å². The van der Waals surface area contributed by atoms with Crippen LogP contribution in [0.15, 0.2) is 24.4 Å². The van der Waals surface area contributed by atoms with Gasteiger partial charge in [-0.3, -0.25) is 4.68 Å². The Balaban J connectivity index is 2.08. The lowest BCUT2D eigenvalue weighted by Crippen LogP contribution is -2.07. The maximum absolute atomic E-state index is 5.98. The van der Waals surface area contributed by atoms with Crippen molar-refractivity contribution in [1.82, 2.24) is 15.1 Å². The van der Waals surface area contributed by atoms with Crippen molar-refractivity contribution in [1.29, 1.82) is 0 Å². The van der Waals surface area contributed by atoms with Crippen molar-refractivity contribution in [3.63, 3.8) is 0 Å². The van der Waals surface area contributed by atoms with Crippen LogP contribution in [0.1, 0.15) is 42.3 Å². The molecule has 0 aliphatic rings. The van der Waals surface area contributed by atoms with Crippen LogP contribution in [0.25, 0.3) is 0 Å². The summed E-state index contributed by atoms with van der Waals surface area (Å²) in [5, 5.41) is 7.69. The van der Waals surface area contributed by atoms with Gasteiger partial charge in [-0.15, -0.1) is 0 Å². The first-order chi connectivity index (χ1) is 10.0. The summed E-state index contributed by atoms with van der Waals surface area (Å²) in [4.78, 5) is 0. The molecule has 0 atom stereocenters. The summed E-state index contributed by atoms with van der Waals surface area (Å²) in [5.74, 6) is 0.967. The Morgan fingerprint density at radius 1 is 1.24 bits per heavy atom. The molecule has 0 amide bonds. The van der Waals surface area contributed by atoms with Crippen molar-refractivity contribution >= 4 is 0 Å². The molecule has 0 fully saturated rings. The van der Waals surface area contributed by atoms with Crippen LogP contribution < -0.4 is 10.1 Å². The van der Waals surface area contributed by atoms with Gasteiger partial charge in [0.15, 0.2) is 0 Å². The van der Waals surface area contributed by atoms with E-state index < -0.39 is 0 Å². The molecule has 0 aliphatic carbocycles. The van der Waals surface area contributed by atoms with E-state index in [4.69, 9.17) is 4.74 Å². The molecule has 0 radical (unpaired) electrons. The minimum Gasteiger partial charge on any atom is -0.487 e. The highest BCUT2D eigenvalue weighted by Gasteiger charge is 2.08. The van der Waals surface area contributed by atoms with Crippen molar-refractivity contribution in [2.24, 2.45) is 0 Å². The van der Waals surface area contributed by atoms with E-state index in [1.165, 1.54) is 16.7 Å². The summed E-state index contributed by atoms with van der Waals surface area (Å²) in [7, 11) is 1.96. The van der Waals surface area contributed by atoms with Crippen LogP contribution >= 0.6 is 0 Å². The average Bonchev–Trinajstić information content (AvgIpc) is 2.87. The Morgan fingerprint density at radius 3 is 2.43 bits per heavy atom. The van der Waals surface area contributed by atoms with Gasteiger partial charge in [-0.25, -0.2) is 0 Å². The molecule has 114 valence electrons. The monoisotopic (exact) mass is 287 g/mol. The second-order valence-corrected chi connectivity index (χ2v) is 5.76. The van der Waals surface area contributed by atoms with E-state index in [-0.39, 0.29) is 0 Å². The van der Waals surface area contributed by atoms with Gasteiger partial charge in [-0.2, -0.15) is 5.10 Å². The van der Waals surface area contributed by atoms with Crippen molar-refractivity contribution in [2.75, 3.05) is 7.05 Å². The third-order valence-corrected chi connectivity index (χ3v) is 3.46. The highest BCUT2D eigenvalue weighted by molar-refractivity contribution is 5.43. The fourth-order valence-corrected chi connectivity index (χ4v) is 2.46. The first-order valence-electron chi connectivity index (χ1n) is 7.42. The molecule has 21 heavy (non-hydrogen) atoms. The normalized spacial score (nSPS) is 11.1. The van der Waals surface area contributed by atoms with Gasteiger partial charge >= 0.3 is 0 Å². The molecule has 0 saturated heterocycles. The maximum atomic E-state index is 5.98. The number of rotatable bonds is 6. The van der Waals surface area contributed by atoms with E-state index in [1.807, 2.05) is 24.0 Å². The standard InChI is InChI=1S/C17H25N3O/c1-12(2)20-7-6-16(19-20)11-21-17-13(3)8-15(10-18-5)9-14(17)4/h6-9,12,18H,10-11H2,1-5H3. The Hall–Kier alpha value is -1.81. The molecule has 2 aromatic rings. The van der Waals surface area contributed by atoms with Gasteiger partial charge in [0.25, 0.3) is 0 Å². The van der Waals surface area contributed by atoms with Gasteiger partial charge < -0.3 is 10.1 Å². The zero-order chi connectivity index (χ0) is 15.4. The molecule has 0 spiro atoms. The highest BCUT2D eigenvalue weighted by Crippen LogP contribution is 2.25. The zero-order valence-electron chi connectivity index (χ0n) is 13.6. The summed E-state index contributed by atoms with van der Waals surface area (Å²) >= 11 is 0. The van der Waals surface area contributed by atoms with E-state index in [9.17, 15) is 0 Å². The van der Waals surface area contributed by atoms with E-state index in [0.29, 0.717) is 12.6 Å². The molecule has 2 rings (SSSR count). The quantitative estimate of drug-likeness (QED) is 0.885. The summed E-state index contributed by atoms with van der Waals surface area (Å²) in [6.07, 6.45) is 2.00. The molecule has 0 bridgehead atoms. The Morgan fingerprint density at radius 2 is 1.90 bits per heavy atom. The fourth-order valence-electron chi connectivity index (χ4n) is 2.46. The van der Waals surface area contributed by atoms with Gasteiger partial charge in [0.2, 0.25) is 0 Å². The predicted molar refractivity (Wildman–Crippen MR) is 85.6 cm³/mol. The number of nitrogens with zero attached hydrogens (tertiary/aromatic N) is 2. The average molecular weight is 287 g/mol. The topological polar surface area (TPSA) is 39.1 Å². The lowest BCUT2D eigenvalue weighted by Gasteiger charge is -2.13. The first kappa shape index (κ1) is 15.6. The van der Waals surface area contributed by atoms with Crippen molar-refractivity contribution in [2.45, 2.75) is 46.9 Å². The first-order valence-corrected chi connectivity index (χ1v) is 7.42. The Kier molecular flexibility index (Phi) is 5.02. The van der Waals surface area contributed by atoms with Gasteiger partial charge in [-0.05, 0) is 57.5 Å². The molecular formula is C17H25N3O. The molecule has 1 N–H and O–H groups in total. The summed E-state index contributed by atoms with van der Waals surface area (Å²) in [6.45, 7) is 9.80. The van der Waals surface area contributed by atoms with Crippen LogP contribution in [-0.2, 0) is 13.2 Å². The van der Waals surface area contributed by atoms with Crippen molar-refractivity contribution < 1.29 is 4.74 Å². The lowest BCUT2D eigenvalue weighted by molar-refractivity contribution is 0.294. The predicted octanol–water partition coefficient (Wildman–Crippen LogP) is 3.38. The molecule has 0 saturated carbocycles. The van der Waals surface area contributed by atoms with Gasteiger partial charge in [0, 0.05) is 18.8 Å². The van der Waals surface area contributed by atoms with Gasteiger partial charge in [0.1, 0.15) is 12.4 Å². The number of ether oxygens (including phenoxy) is 1. The minimum absolute atomic E-state index is 0.378. The van der Waals surface area contributed by atoms with Crippen LogP contribution in [0.5, 0.6) is 5.75 Å². The van der Waals surface area contributed by atoms with Crippen molar-refractivity contribution in [3.8, 4) is 5.75 Å². The molecule has 4 heteroatoms. The van der Waals surface area contributed by atoms with E-state index in [1.54, 1.807) is 0 Å². The van der Waals surface area contributed by atoms with Gasteiger partial charge in [0.05, 0.1) is 5.69 Å².